The molecule has 1 aromatic rings. The largest absolute Gasteiger partial charge is 0.303 e. The standard InChI is InChI=1S/C15H18N.Ir/c1-10-14(11(2)16-5)12-8-6-7-9-13(12)15(10,3)4;/h6-7,9H,1-5H3;/q-1;. The molecule has 0 saturated carbocycles. The van der Waals surface area contributed by atoms with Gasteiger partial charge in [0.15, 0.2) is 0 Å². The van der Waals surface area contributed by atoms with Gasteiger partial charge in [0, 0.05) is 27.2 Å². The van der Waals surface area contributed by atoms with E-state index in [1.54, 1.807) is 0 Å². The van der Waals surface area contributed by atoms with E-state index < -0.39 is 0 Å². The van der Waals surface area contributed by atoms with E-state index in [-0.39, 0.29) is 25.5 Å². The number of hydrogen-bond donors (Lipinski definition) is 0. The Morgan fingerprint density at radius 2 is 2.00 bits per heavy atom. The van der Waals surface area contributed by atoms with Crippen LogP contribution in [0.5, 0.6) is 0 Å². The van der Waals surface area contributed by atoms with Crippen molar-refractivity contribution in [1.29, 1.82) is 0 Å². The van der Waals surface area contributed by atoms with Crippen LogP contribution in [0.2, 0.25) is 0 Å². The maximum absolute atomic E-state index is 4.32. The van der Waals surface area contributed by atoms with E-state index in [1.165, 1.54) is 22.3 Å². The molecule has 0 fully saturated rings. The Kier molecular flexibility index (Phi) is 4.11. The summed E-state index contributed by atoms with van der Waals surface area (Å²) in [5.74, 6) is 0. The molecule has 2 heteroatoms. The zero-order valence-corrected chi connectivity index (χ0v) is 13.4. The second-order valence-corrected chi connectivity index (χ2v) is 4.89. The molecular formula is C15H18IrN-. The van der Waals surface area contributed by atoms with Crippen LogP contribution in [0.15, 0.2) is 28.8 Å². The van der Waals surface area contributed by atoms with Gasteiger partial charge in [0.05, 0.1) is 0 Å². The molecule has 17 heavy (non-hydrogen) atoms. The molecule has 0 aliphatic heterocycles. The Morgan fingerprint density at radius 1 is 1.35 bits per heavy atom. The summed E-state index contributed by atoms with van der Waals surface area (Å²) in [6, 6.07) is 9.61. The van der Waals surface area contributed by atoms with Crippen molar-refractivity contribution in [2.24, 2.45) is 4.99 Å². The van der Waals surface area contributed by atoms with Crippen LogP contribution < -0.4 is 0 Å². The zero-order valence-electron chi connectivity index (χ0n) is 11.0. The van der Waals surface area contributed by atoms with Gasteiger partial charge in [-0.25, -0.2) is 0 Å². The van der Waals surface area contributed by atoms with E-state index in [9.17, 15) is 0 Å². The second-order valence-electron chi connectivity index (χ2n) is 4.89. The maximum atomic E-state index is 4.32. The van der Waals surface area contributed by atoms with Crippen LogP contribution in [-0.2, 0) is 25.5 Å². The molecule has 1 aromatic carbocycles. The molecule has 0 N–H and O–H groups in total. The summed E-state index contributed by atoms with van der Waals surface area (Å²) >= 11 is 0. The first kappa shape index (κ1) is 14.3. The molecule has 1 radical (unpaired) electrons. The summed E-state index contributed by atoms with van der Waals surface area (Å²) in [6.45, 7) is 8.82. The van der Waals surface area contributed by atoms with Crippen LogP contribution in [0.4, 0.5) is 0 Å². The fourth-order valence-corrected chi connectivity index (χ4v) is 2.43. The molecule has 0 aromatic heterocycles. The number of nitrogens with zero attached hydrogens (tertiary/aromatic N) is 1. The van der Waals surface area contributed by atoms with E-state index in [0.717, 1.165) is 5.71 Å². The monoisotopic (exact) mass is 405 g/mol. The normalized spacial score (nSPS) is 17.8. The Labute approximate surface area is 117 Å². The third-order valence-electron chi connectivity index (χ3n) is 3.79. The first-order chi connectivity index (χ1) is 7.50. The van der Waals surface area contributed by atoms with Gasteiger partial charge in [-0.1, -0.05) is 26.3 Å². The molecule has 0 spiro atoms. The topological polar surface area (TPSA) is 12.4 Å². The van der Waals surface area contributed by atoms with Crippen molar-refractivity contribution in [3.05, 3.63) is 41.0 Å². The number of aliphatic imine (C=N–C) groups is 1. The summed E-state index contributed by atoms with van der Waals surface area (Å²) in [7, 11) is 1.85. The van der Waals surface area contributed by atoms with E-state index in [1.807, 2.05) is 13.1 Å². The van der Waals surface area contributed by atoms with E-state index in [4.69, 9.17) is 0 Å². The molecule has 1 nitrogen and oxygen atoms in total. The van der Waals surface area contributed by atoms with Gasteiger partial charge in [-0.2, -0.15) is 0 Å². The Morgan fingerprint density at radius 3 is 2.59 bits per heavy atom. The van der Waals surface area contributed by atoms with Crippen LogP contribution in [0.3, 0.4) is 0 Å². The predicted octanol–water partition coefficient (Wildman–Crippen LogP) is 3.64. The minimum absolute atomic E-state index is 0. The van der Waals surface area contributed by atoms with Gasteiger partial charge in [0.2, 0.25) is 0 Å². The molecule has 93 valence electrons. The molecule has 0 bridgehead atoms. The van der Waals surface area contributed by atoms with Crippen molar-refractivity contribution >= 4 is 11.3 Å². The van der Waals surface area contributed by atoms with Crippen molar-refractivity contribution in [3.63, 3.8) is 0 Å². The fourth-order valence-electron chi connectivity index (χ4n) is 2.43. The van der Waals surface area contributed by atoms with Gasteiger partial charge >= 0.3 is 0 Å². The number of allylic oxidation sites excluding steroid dienone is 2. The van der Waals surface area contributed by atoms with Crippen molar-refractivity contribution in [1.82, 2.24) is 0 Å². The summed E-state index contributed by atoms with van der Waals surface area (Å²) in [6.07, 6.45) is 0. The van der Waals surface area contributed by atoms with Crippen LogP contribution in [-0.4, -0.2) is 12.8 Å². The second kappa shape index (κ2) is 4.88. The predicted molar refractivity (Wildman–Crippen MR) is 69.9 cm³/mol. The Balaban J connectivity index is 0.00000144. The molecule has 0 heterocycles. The van der Waals surface area contributed by atoms with Crippen LogP contribution in [0, 0.1) is 6.07 Å². The SMILES string of the molecule is CN=C(C)C1=C(C)C(C)(C)c2ccc[c-]c21.[Ir]. The quantitative estimate of drug-likeness (QED) is 0.501. The van der Waals surface area contributed by atoms with Crippen molar-refractivity contribution in [2.75, 3.05) is 7.05 Å². The fraction of sp³-hybridized carbons (Fsp3) is 0.400. The van der Waals surface area contributed by atoms with Gasteiger partial charge in [-0.15, -0.1) is 41.0 Å². The molecule has 0 unspecified atom stereocenters. The van der Waals surface area contributed by atoms with E-state index in [0.29, 0.717) is 0 Å². The van der Waals surface area contributed by atoms with E-state index >= 15 is 0 Å². The average Bonchev–Trinajstić information content (AvgIpc) is 2.48. The first-order valence-electron chi connectivity index (χ1n) is 5.66. The Hall–Kier alpha value is -0.721. The summed E-state index contributed by atoms with van der Waals surface area (Å²) in [4.78, 5) is 4.32. The van der Waals surface area contributed by atoms with Crippen LogP contribution in [0.25, 0.3) is 5.57 Å². The van der Waals surface area contributed by atoms with Crippen molar-refractivity contribution < 1.29 is 20.1 Å². The van der Waals surface area contributed by atoms with Gasteiger partial charge in [0.25, 0.3) is 0 Å². The third-order valence-corrected chi connectivity index (χ3v) is 3.79. The van der Waals surface area contributed by atoms with Crippen LogP contribution >= 0.6 is 0 Å². The maximum Gasteiger partial charge on any atom is 0.0270 e. The van der Waals surface area contributed by atoms with Gasteiger partial charge < -0.3 is 4.99 Å². The number of hydrogen-bond acceptors (Lipinski definition) is 1. The van der Waals surface area contributed by atoms with Crippen LogP contribution in [0.1, 0.15) is 38.8 Å². The van der Waals surface area contributed by atoms with Crippen molar-refractivity contribution in [2.45, 2.75) is 33.1 Å². The molecule has 0 saturated heterocycles. The summed E-state index contributed by atoms with van der Waals surface area (Å²) in [5.41, 5.74) is 6.48. The zero-order chi connectivity index (χ0) is 11.9. The van der Waals surface area contributed by atoms with Gasteiger partial charge in [-0.3, -0.25) is 0 Å². The number of rotatable bonds is 1. The van der Waals surface area contributed by atoms with Crippen molar-refractivity contribution in [3.8, 4) is 0 Å². The Bertz CT molecular complexity index is 495. The van der Waals surface area contributed by atoms with E-state index in [2.05, 4.69) is 50.9 Å². The third kappa shape index (κ3) is 2.05. The summed E-state index contributed by atoms with van der Waals surface area (Å²) in [5, 5.41) is 0. The molecule has 0 atom stereocenters. The number of fused-ring (bicyclic) bond motifs is 1. The number of benzene rings is 1. The molecule has 0 amide bonds. The first-order valence-corrected chi connectivity index (χ1v) is 5.66. The minimum Gasteiger partial charge on any atom is -0.303 e. The average molecular weight is 405 g/mol. The van der Waals surface area contributed by atoms with Gasteiger partial charge in [0.1, 0.15) is 0 Å². The molecular weight excluding hydrogens is 386 g/mol. The molecule has 1 aliphatic carbocycles. The molecule has 1 aliphatic rings. The molecule has 2 rings (SSSR count). The minimum atomic E-state index is 0. The van der Waals surface area contributed by atoms with Gasteiger partial charge in [-0.05, 0) is 18.1 Å². The summed E-state index contributed by atoms with van der Waals surface area (Å²) < 4.78 is 0. The smallest absolute Gasteiger partial charge is 0.0270 e.